The third-order valence-electron chi connectivity index (χ3n) is 4.60. The summed E-state index contributed by atoms with van der Waals surface area (Å²) in [6.07, 6.45) is 2.91. The van der Waals surface area contributed by atoms with Gasteiger partial charge in [-0.3, -0.25) is 14.6 Å². The normalized spacial score (nSPS) is 14.1. The number of ether oxygens (including phenoxy) is 1. The number of hydrogen-bond donors (Lipinski definition) is 1. The van der Waals surface area contributed by atoms with Crippen LogP contribution in [0.4, 0.5) is 10.1 Å². The predicted octanol–water partition coefficient (Wildman–Crippen LogP) is 1.56. The van der Waals surface area contributed by atoms with Crippen molar-refractivity contribution in [3.63, 3.8) is 0 Å². The van der Waals surface area contributed by atoms with Gasteiger partial charge < -0.3 is 19.9 Å². The fourth-order valence-electron chi connectivity index (χ4n) is 3.05. The van der Waals surface area contributed by atoms with Crippen LogP contribution >= 0.6 is 0 Å². The molecule has 1 aromatic heterocycles. The molecule has 2 heterocycles. The Kier molecular flexibility index (Phi) is 6.54. The summed E-state index contributed by atoms with van der Waals surface area (Å²) in [6.45, 7) is 3.19. The number of nitrogens with one attached hydrogen (secondary N) is 1. The molecule has 3 rings (SSSR count). The maximum Gasteiger partial charge on any atom is 0.255 e. The zero-order valence-electron chi connectivity index (χ0n) is 15.7. The summed E-state index contributed by atoms with van der Waals surface area (Å²) in [5.74, 6) is -0.714. The van der Waals surface area contributed by atoms with Gasteiger partial charge >= 0.3 is 0 Å². The number of aromatic nitrogens is 1. The number of methoxy groups -OCH3 is 1. The summed E-state index contributed by atoms with van der Waals surface area (Å²) in [6, 6.07) is 7.90. The van der Waals surface area contributed by atoms with Crippen molar-refractivity contribution in [3.05, 3.63) is 59.7 Å². The molecular formula is C20H23FN4O3. The molecule has 1 saturated heterocycles. The van der Waals surface area contributed by atoms with Crippen molar-refractivity contribution in [1.82, 2.24) is 15.2 Å². The Morgan fingerprint density at radius 3 is 2.46 bits per heavy atom. The van der Waals surface area contributed by atoms with Crippen LogP contribution in [0.1, 0.15) is 20.7 Å². The molecule has 0 spiro atoms. The SMILES string of the molecule is COCCNC(=O)c1cncc(C(=O)N2CCN(c3ccc(F)cc3)CC2)c1. The lowest BCUT2D eigenvalue weighted by molar-refractivity contribution is 0.0746. The molecule has 2 amide bonds. The smallest absolute Gasteiger partial charge is 0.255 e. The second-order valence-corrected chi connectivity index (χ2v) is 6.47. The highest BCUT2D eigenvalue weighted by atomic mass is 19.1. The molecule has 0 unspecified atom stereocenters. The number of rotatable bonds is 6. The average Bonchev–Trinajstić information content (AvgIpc) is 2.74. The number of carbonyl (C=O) groups is 2. The molecule has 1 aliphatic heterocycles. The van der Waals surface area contributed by atoms with E-state index in [1.54, 1.807) is 30.2 Å². The van der Waals surface area contributed by atoms with E-state index in [2.05, 4.69) is 15.2 Å². The summed E-state index contributed by atoms with van der Waals surface area (Å²) in [7, 11) is 1.56. The van der Waals surface area contributed by atoms with E-state index in [0.29, 0.717) is 50.5 Å². The molecular weight excluding hydrogens is 363 g/mol. The van der Waals surface area contributed by atoms with Gasteiger partial charge in [0.05, 0.1) is 17.7 Å². The van der Waals surface area contributed by atoms with Crippen LogP contribution in [0.25, 0.3) is 0 Å². The summed E-state index contributed by atoms with van der Waals surface area (Å²) in [5.41, 5.74) is 1.66. The van der Waals surface area contributed by atoms with Crippen LogP contribution in [0.3, 0.4) is 0 Å². The van der Waals surface area contributed by atoms with Crippen LogP contribution < -0.4 is 10.2 Å². The van der Waals surface area contributed by atoms with E-state index >= 15 is 0 Å². The number of carbonyl (C=O) groups excluding carboxylic acids is 2. The van der Waals surface area contributed by atoms with Gasteiger partial charge in [-0.05, 0) is 30.3 Å². The van der Waals surface area contributed by atoms with Crippen molar-refractivity contribution in [2.75, 3.05) is 51.3 Å². The maximum atomic E-state index is 13.1. The number of anilines is 1. The van der Waals surface area contributed by atoms with Gasteiger partial charge in [0.25, 0.3) is 11.8 Å². The number of amides is 2. The van der Waals surface area contributed by atoms with E-state index in [-0.39, 0.29) is 17.6 Å². The number of piperazine rings is 1. The number of halogens is 1. The Hall–Kier alpha value is -3.00. The van der Waals surface area contributed by atoms with Crippen molar-refractivity contribution in [2.24, 2.45) is 0 Å². The molecule has 1 aromatic carbocycles. The first-order valence-corrected chi connectivity index (χ1v) is 9.10. The molecule has 0 atom stereocenters. The molecule has 148 valence electrons. The molecule has 8 heteroatoms. The van der Waals surface area contributed by atoms with Gasteiger partial charge in [0, 0.05) is 57.9 Å². The van der Waals surface area contributed by atoms with Crippen LogP contribution in [0.5, 0.6) is 0 Å². The summed E-state index contributed by atoms with van der Waals surface area (Å²) < 4.78 is 18.0. The van der Waals surface area contributed by atoms with Gasteiger partial charge in [-0.15, -0.1) is 0 Å². The van der Waals surface area contributed by atoms with Gasteiger partial charge in [-0.25, -0.2) is 4.39 Å². The molecule has 0 saturated carbocycles. The lowest BCUT2D eigenvalue weighted by Crippen LogP contribution is -2.48. The minimum Gasteiger partial charge on any atom is -0.383 e. The Morgan fingerprint density at radius 2 is 1.79 bits per heavy atom. The molecule has 1 fully saturated rings. The van der Waals surface area contributed by atoms with Gasteiger partial charge in [-0.1, -0.05) is 0 Å². The Balaban J connectivity index is 1.59. The standard InChI is InChI=1S/C20H23FN4O3/c1-28-11-6-23-19(26)15-12-16(14-22-13-15)20(27)25-9-7-24(8-10-25)18-4-2-17(21)3-5-18/h2-5,12-14H,6-11H2,1H3,(H,23,26). The highest BCUT2D eigenvalue weighted by molar-refractivity contribution is 5.99. The van der Waals surface area contributed by atoms with E-state index in [1.807, 2.05) is 0 Å². The summed E-state index contributed by atoms with van der Waals surface area (Å²) >= 11 is 0. The second-order valence-electron chi connectivity index (χ2n) is 6.47. The third kappa shape index (κ3) is 4.83. The lowest BCUT2D eigenvalue weighted by atomic mass is 10.1. The van der Waals surface area contributed by atoms with E-state index < -0.39 is 0 Å². The third-order valence-corrected chi connectivity index (χ3v) is 4.60. The van der Waals surface area contributed by atoms with Gasteiger partial charge in [0.2, 0.25) is 0 Å². The van der Waals surface area contributed by atoms with Gasteiger partial charge in [-0.2, -0.15) is 0 Å². The van der Waals surface area contributed by atoms with Crippen molar-refractivity contribution in [1.29, 1.82) is 0 Å². The fraction of sp³-hybridized carbons (Fsp3) is 0.350. The number of pyridine rings is 1. The largest absolute Gasteiger partial charge is 0.383 e. The van der Waals surface area contributed by atoms with Crippen molar-refractivity contribution < 1.29 is 18.7 Å². The Morgan fingerprint density at radius 1 is 1.11 bits per heavy atom. The van der Waals surface area contributed by atoms with Crippen LogP contribution in [0, 0.1) is 5.82 Å². The highest BCUT2D eigenvalue weighted by Gasteiger charge is 2.23. The van der Waals surface area contributed by atoms with E-state index in [0.717, 1.165) is 5.69 Å². The first-order chi connectivity index (χ1) is 13.6. The fourth-order valence-corrected chi connectivity index (χ4v) is 3.05. The first-order valence-electron chi connectivity index (χ1n) is 9.10. The lowest BCUT2D eigenvalue weighted by Gasteiger charge is -2.36. The van der Waals surface area contributed by atoms with E-state index in [4.69, 9.17) is 4.74 Å². The molecule has 2 aromatic rings. The van der Waals surface area contributed by atoms with Crippen LogP contribution in [-0.2, 0) is 4.74 Å². The average molecular weight is 386 g/mol. The number of benzene rings is 1. The quantitative estimate of drug-likeness (QED) is 0.763. The highest BCUT2D eigenvalue weighted by Crippen LogP contribution is 2.18. The Labute approximate surface area is 163 Å². The predicted molar refractivity (Wildman–Crippen MR) is 103 cm³/mol. The topological polar surface area (TPSA) is 74.8 Å². The molecule has 1 N–H and O–H groups in total. The van der Waals surface area contributed by atoms with Gasteiger partial charge in [0.1, 0.15) is 5.82 Å². The zero-order valence-corrected chi connectivity index (χ0v) is 15.7. The van der Waals surface area contributed by atoms with Crippen molar-refractivity contribution >= 4 is 17.5 Å². The van der Waals surface area contributed by atoms with Gasteiger partial charge in [0.15, 0.2) is 0 Å². The second kappa shape index (κ2) is 9.27. The molecule has 0 bridgehead atoms. The first kappa shape index (κ1) is 19.8. The maximum absolute atomic E-state index is 13.1. The van der Waals surface area contributed by atoms with E-state index in [9.17, 15) is 14.0 Å². The molecule has 0 radical (unpaired) electrons. The minimum atomic E-state index is -0.291. The minimum absolute atomic E-state index is 0.155. The van der Waals surface area contributed by atoms with Crippen molar-refractivity contribution in [3.8, 4) is 0 Å². The summed E-state index contributed by atoms with van der Waals surface area (Å²) in [5, 5.41) is 2.71. The monoisotopic (exact) mass is 386 g/mol. The molecule has 7 nitrogen and oxygen atoms in total. The molecule has 1 aliphatic rings. The summed E-state index contributed by atoms with van der Waals surface area (Å²) in [4.78, 5) is 32.8. The van der Waals surface area contributed by atoms with Crippen LogP contribution in [0.2, 0.25) is 0 Å². The number of hydrogen-bond acceptors (Lipinski definition) is 5. The molecule has 0 aliphatic carbocycles. The van der Waals surface area contributed by atoms with Crippen molar-refractivity contribution in [2.45, 2.75) is 0 Å². The zero-order chi connectivity index (χ0) is 19.9. The number of nitrogens with zero attached hydrogens (tertiary/aromatic N) is 3. The van der Waals surface area contributed by atoms with E-state index in [1.165, 1.54) is 24.5 Å². The van der Waals surface area contributed by atoms with Crippen LogP contribution in [-0.4, -0.2) is 68.1 Å². The molecule has 28 heavy (non-hydrogen) atoms. The Bertz CT molecular complexity index is 820. The van der Waals surface area contributed by atoms with Crippen LogP contribution in [0.15, 0.2) is 42.7 Å².